The van der Waals surface area contributed by atoms with Gasteiger partial charge in [-0.2, -0.15) is 4.98 Å². The summed E-state index contributed by atoms with van der Waals surface area (Å²) in [7, 11) is 1.55. The van der Waals surface area contributed by atoms with Gasteiger partial charge in [0.1, 0.15) is 5.76 Å². The van der Waals surface area contributed by atoms with Crippen LogP contribution >= 0.6 is 0 Å². The SMILES string of the molecule is COc1nc(C(C)(C)C)c(C)o1. The molecule has 0 bridgehead atoms. The lowest BCUT2D eigenvalue weighted by Gasteiger charge is -2.14. The van der Waals surface area contributed by atoms with Crippen molar-refractivity contribution in [3.63, 3.8) is 0 Å². The fourth-order valence-electron chi connectivity index (χ4n) is 1.16. The molecule has 0 aliphatic rings. The molecule has 0 amide bonds. The lowest BCUT2D eigenvalue weighted by Crippen LogP contribution is -2.12. The highest BCUT2D eigenvalue weighted by atomic mass is 16.6. The van der Waals surface area contributed by atoms with E-state index in [-0.39, 0.29) is 5.41 Å². The van der Waals surface area contributed by atoms with E-state index < -0.39 is 0 Å². The van der Waals surface area contributed by atoms with Gasteiger partial charge < -0.3 is 9.15 Å². The van der Waals surface area contributed by atoms with Crippen LogP contribution in [0.3, 0.4) is 0 Å². The number of methoxy groups -OCH3 is 1. The first-order valence-corrected chi connectivity index (χ1v) is 3.97. The Morgan fingerprint density at radius 2 is 1.92 bits per heavy atom. The molecule has 12 heavy (non-hydrogen) atoms. The molecule has 1 aromatic rings. The number of ether oxygens (including phenoxy) is 1. The monoisotopic (exact) mass is 169 g/mol. The van der Waals surface area contributed by atoms with Gasteiger partial charge in [0.15, 0.2) is 0 Å². The van der Waals surface area contributed by atoms with Crippen molar-refractivity contribution >= 4 is 0 Å². The highest BCUT2D eigenvalue weighted by molar-refractivity contribution is 5.18. The van der Waals surface area contributed by atoms with Crippen LogP contribution in [-0.2, 0) is 5.41 Å². The van der Waals surface area contributed by atoms with Crippen LogP contribution in [0, 0.1) is 6.92 Å². The van der Waals surface area contributed by atoms with Crippen LogP contribution < -0.4 is 4.74 Å². The largest absolute Gasteiger partial charge is 0.454 e. The maximum absolute atomic E-state index is 5.26. The Hall–Kier alpha value is -0.990. The normalized spacial score (nSPS) is 11.8. The molecule has 0 aliphatic heterocycles. The van der Waals surface area contributed by atoms with Crippen LogP contribution in [0.15, 0.2) is 4.42 Å². The summed E-state index contributed by atoms with van der Waals surface area (Å²) in [6.07, 6.45) is 0.345. The molecular formula is C9H15NO2. The predicted molar refractivity (Wildman–Crippen MR) is 46.5 cm³/mol. The maximum atomic E-state index is 5.26. The first-order chi connectivity index (χ1) is 5.45. The molecule has 3 nitrogen and oxygen atoms in total. The average molecular weight is 169 g/mol. The lowest BCUT2D eigenvalue weighted by molar-refractivity contribution is 0.284. The van der Waals surface area contributed by atoms with Crippen molar-refractivity contribution in [2.24, 2.45) is 0 Å². The van der Waals surface area contributed by atoms with Gasteiger partial charge in [0.25, 0.3) is 0 Å². The Bertz CT molecular complexity index is 271. The number of oxazole rings is 1. The summed E-state index contributed by atoms with van der Waals surface area (Å²) < 4.78 is 10.2. The molecule has 0 N–H and O–H groups in total. The van der Waals surface area contributed by atoms with Crippen LogP contribution in [-0.4, -0.2) is 12.1 Å². The molecule has 0 aromatic carbocycles. The molecule has 0 spiro atoms. The standard InChI is InChI=1S/C9H15NO2/c1-6-7(9(2,3)4)10-8(11-5)12-6/h1-5H3. The summed E-state index contributed by atoms with van der Waals surface area (Å²) in [4.78, 5) is 4.21. The van der Waals surface area contributed by atoms with Crippen molar-refractivity contribution in [3.05, 3.63) is 11.5 Å². The van der Waals surface area contributed by atoms with Crippen LogP contribution in [0.4, 0.5) is 0 Å². The average Bonchev–Trinajstić information content (AvgIpc) is 2.29. The van der Waals surface area contributed by atoms with Crippen molar-refractivity contribution < 1.29 is 9.15 Å². The molecule has 0 saturated carbocycles. The van der Waals surface area contributed by atoms with E-state index in [2.05, 4.69) is 25.8 Å². The van der Waals surface area contributed by atoms with E-state index in [1.807, 2.05) is 6.92 Å². The van der Waals surface area contributed by atoms with E-state index in [9.17, 15) is 0 Å². The Kier molecular flexibility index (Phi) is 2.13. The maximum Gasteiger partial charge on any atom is 0.393 e. The Labute approximate surface area is 72.7 Å². The zero-order chi connectivity index (χ0) is 9.35. The van der Waals surface area contributed by atoms with Crippen molar-refractivity contribution in [3.8, 4) is 6.08 Å². The van der Waals surface area contributed by atoms with Crippen molar-refractivity contribution in [1.29, 1.82) is 0 Å². The first-order valence-electron chi connectivity index (χ1n) is 3.97. The van der Waals surface area contributed by atoms with Crippen LogP contribution in [0.25, 0.3) is 0 Å². The number of hydrogen-bond acceptors (Lipinski definition) is 3. The molecular weight excluding hydrogens is 154 g/mol. The van der Waals surface area contributed by atoms with Gasteiger partial charge in [-0.3, -0.25) is 0 Å². The van der Waals surface area contributed by atoms with E-state index in [4.69, 9.17) is 9.15 Å². The third kappa shape index (κ3) is 1.60. The zero-order valence-electron chi connectivity index (χ0n) is 8.26. The highest BCUT2D eigenvalue weighted by Gasteiger charge is 2.22. The van der Waals surface area contributed by atoms with Gasteiger partial charge in [-0.05, 0) is 6.92 Å². The molecule has 0 unspecified atom stereocenters. The Morgan fingerprint density at radius 3 is 2.17 bits per heavy atom. The molecule has 0 fully saturated rings. The van der Waals surface area contributed by atoms with E-state index in [0.717, 1.165) is 11.5 Å². The van der Waals surface area contributed by atoms with E-state index >= 15 is 0 Å². The molecule has 0 radical (unpaired) electrons. The number of nitrogens with zero attached hydrogens (tertiary/aromatic N) is 1. The minimum absolute atomic E-state index is 0.0182. The molecule has 68 valence electrons. The summed E-state index contributed by atoms with van der Waals surface area (Å²) in [6.45, 7) is 8.18. The van der Waals surface area contributed by atoms with Crippen molar-refractivity contribution in [1.82, 2.24) is 4.98 Å². The predicted octanol–water partition coefficient (Wildman–Crippen LogP) is 2.29. The molecule has 0 aliphatic carbocycles. The second-order valence-electron chi connectivity index (χ2n) is 3.84. The Morgan fingerprint density at radius 1 is 1.33 bits per heavy atom. The van der Waals surface area contributed by atoms with E-state index in [1.54, 1.807) is 7.11 Å². The summed E-state index contributed by atoms with van der Waals surface area (Å²) >= 11 is 0. The number of rotatable bonds is 1. The lowest BCUT2D eigenvalue weighted by atomic mass is 9.91. The van der Waals surface area contributed by atoms with Crippen molar-refractivity contribution in [2.75, 3.05) is 7.11 Å². The molecule has 1 rings (SSSR count). The third-order valence-electron chi connectivity index (χ3n) is 1.66. The number of hydrogen-bond donors (Lipinski definition) is 0. The molecule has 0 atom stereocenters. The smallest absolute Gasteiger partial charge is 0.393 e. The van der Waals surface area contributed by atoms with Gasteiger partial charge in [-0.1, -0.05) is 20.8 Å². The highest BCUT2D eigenvalue weighted by Crippen LogP contribution is 2.27. The third-order valence-corrected chi connectivity index (χ3v) is 1.66. The summed E-state index contributed by atoms with van der Waals surface area (Å²) in [5, 5.41) is 0. The quantitative estimate of drug-likeness (QED) is 0.647. The summed E-state index contributed by atoms with van der Waals surface area (Å²) in [5.41, 5.74) is 0.976. The fraction of sp³-hybridized carbons (Fsp3) is 0.667. The molecule has 0 saturated heterocycles. The summed E-state index contributed by atoms with van der Waals surface area (Å²) in [5.74, 6) is 0.833. The van der Waals surface area contributed by atoms with E-state index in [0.29, 0.717) is 6.08 Å². The van der Waals surface area contributed by atoms with Gasteiger partial charge in [0.05, 0.1) is 12.8 Å². The van der Waals surface area contributed by atoms with Gasteiger partial charge in [-0.15, -0.1) is 0 Å². The van der Waals surface area contributed by atoms with Gasteiger partial charge >= 0.3 is 6.08 Å². The zero-order valence-corrected chi connectivity index (χ0v) is 8.26. The van der Waals surface area contributed by atoms with Crippen molar-refractivity contribution in [2.45, 2.75) is 33.1 Å². The number of aryl methyl sites for hydroxylation is 1. The summed E-state index contributed by atoms with van der Waals surface area (Å²) in [6, 6.07) is 0. The molecule has 1 heterocycles. The van der Waals surface area contributed by atoms with Crippen LogP contribution in [0.2, 0.25) is 0 Å². The minimum atomic E-state index is 0.0182. The number of aromatic nitrogens is 1. The molecule has 3 heteroatoms. The second kappa shape index (κ2) is 2.81. The molecule has 1 aromatic heterocycles. The minimum Gasteiger partial charge on any atom is -0.454 e. The van der Waals surface area contributed by atoms with Gasteiger partial charge in [0.2, 0.25) is 0 Å². The van der Waals surface area contributed by atoms with Crippen LogP contribution in [0.1, 0.15) is 32.2 Å². The fourth-order valence-corrected chi connectivity index (χ4v) is 1.16. The van der Waals surface area contributed by atoms with Gasteiger partial charge in [0, 0.05) is 5.41 Å². The topological polar surface area (TPSA) is 35.3 Å². The van der Waals surface area contributed by atoms with Gasteiger partial charge in [-0.25, -0.2) is 0 Å². The van der Waals surface area contributed by atoms with Crippen LogP contribution in [0.5, 0.6) is 6.08 Å². The second-order valence-corrected chi connectivity index (χ2v) is 3.84. The first kappa shape index (κ1) is 9.10. The van der Waals surface area contributed by atoms with E-state index in [1.165, 1.54) is 0 Å². The Balaban J connectivity index is 3.08.